The zero-order valence-corrected chi connectivity index (χ0v) is 27.0. The molecule has 3 aliphatic heterocycles. The Labute approximate surface area is 265 Å². The van der Waals surface area contributed by atoms with E-state index in [-0.39, 0.29) is 49.3 Å². The maximum absolute atomic E-state index is 13.1. The molecule has 45 heavy (non-hydrogen) atoms. The predicted octanol–water partition coefficient (Wildman–Crippen LogP) is 3.96. The van der Waals surface area contributed by atoms with Crippen LogP contribution in [0.4, 0.5) is 9.59 Å². The van der Waals surface area contributed by atoms with Crippen LogP contribution in [0.5, 0.6) is 0 Å². The number of amides is 2. The molecule has 248 valence electrons. The number of hydrogen-bond donors (Lipinski definition) is 2. The van der Waals surface area contributed by atoms with Crippen LogP contribution in [0.2, 0.25) is 0 Å². The average Bonchev–Trinajstić information content (AvgIpc) is 3.56. The van der Waals surface area contributed by atoms with E-state index >= 15 is 0 Å². The highest BCUT2D eigenvalue weighted by Crippen LogP contribution is 2.27. The lowest BCUT2D eigenvalue weighted by molar-refractivity contribution is -0.151. The van der Waals surface area contributed by atoms with Gasteiger partial charge >= 0.3 is 18.2 Å². The Kier molecular flexibility index (Phi) is 11.7. The summed E-state index contributed by atoms with van der Waals surface area (Å²) >= 11 is 0. The van der Waals surface area contributed by atoms with Crippen LogP contribution in [0.1, 0.15) is 58.4 Å². The highest BCUT2D eigenvalue weighted by Gasteiger charge is 2.31. The van der Waals surface area contributed by atoms with Crippen LogP contribution in [0, 0.1) is 11.8 Å². The molecule has 3 heterocycles. The highest BCUT2D eigenvalue weighted by atomic mass is 32.2. The number of nitrogens with zero attached hydrogens (tertiary/aromatic N) is 3. The Hall–Kier alpha value is -3.42. The third kappa shape index (κ3) is 9.08. The van der Waals surface area contributed by atoms with Gasteiger partial charge < -0.3 is 29.5 Å². The minimum absolute atomic E-state index is 0.168. The first kappa shape index (κ1) is 34.5. The van der Waals surface area contributed by atoms with E-state index in [2.05, 4.69) is 0 Å². The van der Waals surface area contributed by atoms with Gasteiger partial charge in [-0.1, -0.05) is 38.1 Å². The minimum atomic E-state index is -3.60. The van der Waals surface area contributed by atoms with Crippen molar-refractivity contribution in [2.75, 3.05) is 39.3 Å². The second kappa shape index (κ2) is 15.2. The Morgan fingerprint density at radius 2 is 1.67 bits per heavy atom. The predicted molar refractivity (Wildman–Crippen MR) is 167 cm³/mol. The molecule has 0 bridgehead atoms. The number of carboxylic acid groups (broad SMARTS) is 1. The third-order valence-corrected chi connectivity index (χ3v) is 10.6. The van der Waals surface area contributed by atoms with Gasteiger partial charge in [0.1, 0.15) is 12.2 Å². The van der Waals surface area contributed by atoms with E-state index in [1.54, 1.807) is 36.4 Å². The number of aliphatic hydroxyl groups is 1. The summed E-state index contributed by atoms with van der Waals surface area (Å²) in [7, 11) is -3.60. The molecule has 12 nitrogen and oxygen atoms in total. The lowest BCUT2D eigenvalue weighted by Crippen LogP contribution is -2.51. The molecule has 3 aliphatic rings. The fraction of sp³-hybridized carbons (Fsp3) is 0.594. The van der Waals surface area contributed by atoms with Gasteiger partial charge in [0.15, 0.2) is 0 Å². The Balaban J connectivity index is 1.54. The number of cyclic esters (lactones) is 1. The SMILES string of the molecule is C/C(=C\c1cccc(S(=O)(=O)N2CCCC2)c1)[C@H]1OC(=O)C[C@H](O)CC[C@H](C)[C@@H](OC(=O)N2CCN(C(=O)O)CC2)C=C[C@@H]1C. The molecule has 0 spiro atoms. The van der Waals surface area contributed by atoms with Gasteiger partial charge in [0, 0.05) is 45.2 Å². The van der Waals surface area contributed by atoms with Crippen LogP contribution >= 0.6 is 0 Å². The monoisotopic (exact) mass is 647 g/mol. The van der Waals surface area contributed by atoms with Gasteiger partial charge in [-0.15, -0.1) is 0 Å². The Morgan fingerprint density at radius 3 is 2.33 bits per heavy atom. The van der Waals surface area contributed by atoms with Crippen molar-refractivity contribution in [2.24, 2.45) is 11.8 Å². The van der Waals surface area contributed by atoms with Crippen LogP contribution in [-0.2, 0) is 24.3 Å². The van der Waals surface area contributed by atoms with Crippen molar-refractivity contribution >= 4 is 34.3 Å². The number of hydrogen-bond acceptors (Lipinski definition) is 8. The van der Waals surface area contributed by atoms with Crippen molar-refractivity contribution in [2.45, 2.75) is 76.1 Å². The van der Waals surface area contributed by atoms with Gasteiger partial charge in [0.25, 0.3) is 0 Å². The van der Waals surface area contributed by atoms with Crippen molar-refractivity contribution in [1.82, 2.24) is 14.1 Å². The molecule has 5 atom stereocenters. The van der Waals surface area contributed by atoms with Gasteiger partial charge in [-0.2, -0.15) is 4.31 Å². The topological polar surface area (TPSA) is 154 Å². The summed E-state index contributed by atoms with van der Waals surface area (Å²) in [4.78, 5) is 40.1. The number of carbonyl (C=O) groups is 3. The van der Waals surface area contributed by atoms with E-state index in [4.69, 9.17) is 9.47 Å². The highest BCUT2D eigenvalue weighted by molar-refractivity contribution is 7.89. The van der Waals surface area contributed by atoms with Crippen LogP contribution in [-0.4, -0.2) is 108 Å². The summed E-state index contributed by atoms with van der Waals surface area (Å²) in [5.74, 6) is -1.06. The Morgan fingerprint density at radius 1 is 1.00 bits per heavy atom. The molecular weight excluding hydrogens is 602 g/mol. The number of esters is 1. The standard InChI is InChI=1S/C32H45N3O9S/c1-22-9-11-26(36)21-29(37)44-30(23(2)10-12-28(22)43-32(40)34-17-15-33(16-18-34)31(38)39)24(3)19-25-7-6-8-27(20-25)45(41,42)35-13-4-5-14-35/h6-8,10,12,19-20,22-23,26,28,30,36H,4-5,9,11,13-18,21H2,1-3H3,(H,38,39)/b12-10?,24-19+/t22-,23-,26+,28-,30-/m0/s1. The second-order valence-electron chi connectivity index (χ2n) is 12.2. The van der Waals surface area contributed by atoms with Gasteiger partial charge in [-0.05, 0) is 67.9 Å². The first-order chi connectivity index (χ1) is 21.3. The molecule has 2 amide bonds. The molecule has 4 rings (SSSR count). The third-order valence-electron chi connectivity index (χ3n) is 8.71. The summed E-state index contributed by atoms with van der Waals surface area (Å²) in [6.07, 6.45) is 3.88. The summed E-state index contributed by atoms with van der Waals surface area (Å²) in [5, 5.41) is 19.8. The smallest absolute Gasteiger partial charge is 0.410 e. The number of carbonyl (C=O) groups excluding carboxylic acids is 2. The zero-order valence-electron chi connectivity index (χ0n) is 26.2. The molecular formula is C32H45N3O9S. The maximum Gasteiger partial charge on any atom is 0.410 e. The second-order valence-corrected chi connectivity index (χ2v) is 14.2. The van der Waals surface area contributed by atoms with E-state index in [1.165, 1.54) is 14.1 Å². The molecule has 0 aromatic heterocycles. The number of rotatable bonds is 5. The molecule has 0 unspecified atom stereocenters. The van der Waals surface area contributed by atoms with Gasteiger partial charge in [0.2, 0.25) is 10.0 Å². The first-order valence-electron chi connectivity index (χ1n) is 15.6. The van der Waals surface area contributed by atoms with Crippen molar-refractivity contribution < 1.29 is 42.5 Å². The number of benzene rings is 1. The Bertz CT molecular complexity index is 1380. The van der Waals surface area contributed by atoms with E-state index in [0.717, 1.165) is 12.8 Å². The van der Waals surface area contributed by atoms with Crippen molar-refractivity contribution in [3.63, 3.8) is 0 Å². The lowest BCUT2D eigenvalue weighted by Gasteiger charge is -2.34. The van der Waals surface area contributed by atoms with Crippen molar-refractivity contribution in [3.8, 4) is 0 Å². The average molecular weight is 648 g/mol. The maximum atomic E-state index is 13.1. The molecule has 2 N–H and O–H groups in total. The fourth-order valence-corrected chi connectivity index (χ4v) is 7.48. The molecule has 1 aromatic carbocycles. The van der Waals surface area contributed by atoms with E-state index in [0.29, 0.717) is 37.1 Å². The molecule has 0 aliphatic carbocycles. The summed E-state index contributed by atoms with van der Waals surface area (Å²) in [6, 6.07) is 6.68. The van der Waals surface area contributed by atoms with Crippen molar-refractivity contribution in [3.05, 3.63) is 47.6 Å². The quantitative estimate of drug-likeness (QED) is 0.357. The van der Waals surface area contributed by atoms with Gasteiger partial charge in [-0.3, -0.25) is 4.79 Å². The summed E-state index contributed by atoms with van der Waals surface area (Å²) in [6.45, 7) is 7.47. The van der Waals surface area contributed by atoms with E-state index < -0.39 is 46.5 Å². The molecule has 13 heteroatoms. The lowest BCUT2D eigenvalue weighted by atomic mass is 9.91. The van der Waals surface area contributed by atoms with Crippen LogP contribution in [0.15, 0.2) is 46.9 Å². The fourth-order valence-electron chi connectivity index (χ4n) is 5.91. The van der Waals surface area contributed by atoms with E-state index in [1.807, 2.05) is 26.8 Å². The van der Waals surface area contributed by atoms with Crippen LogP contribution in [0.3, 0.4) is 0 Å². The summed E-state index contributed by atoms with van der Waals surface area (Å²) in [5.41, 5.74) is 1.33. The summed E-state index contributed by atoms with van der Waals surface area (Å²) < 4.78 is 39.5. The van der Waals surface area contributed by atoms with Crippen LogP contribution < -0.4 is 0 Å². The minimum Gasteiger partial charge on any atom is -0.465 e. The first-order valence-corrected chi connectivity index (χ1v) is 17.1. The molecule has 1 aromatic rings. The van der Waals surface area contributed by atoms with Crippen LogP contribution in [0.25, 0.3) is 6.08 Å². The normalized spacial score (nSPS) is 27.8. The van der Waals surface area contributed by atoms with Gasteiger partial charge in [0.05, 0.1) is 17.4 Å². The number of ether oxygens (including phenoxy) is 2. The molecule has 0 radical (unpaired) electrons. The largest absolute Gasteiger partial charge is 0.465 e. The molecule has 2 saturated heterocycles. The number of aliphatic hydroxyl groups excluding tert-OH is 1. The molecule has 0 saturated carbocycles. The van der Waals surface area contributed by atoms with E-state index in [9.17, 15) is 33.0 Å². The van der Waals surface area contributed by atoms with Gasteiger partial charge in [-0.25, -0.2) is 18.0 Å². The zero-order chi connectivity index (χ0) is 32.7. The number of piperazine rings is 1. The van der Waals surface area contributed by atoms with Crippen molar-refractivity contribution in [1.29, 1.82) is 0 Å². The number of sulfonamides is 1. The molecule has 2 fully saturated rings.